The standard InChI is InChI=1S/C7H10O2/c1-2-6-4-7(3-1)9-8-5-6/h1,3,6-7H,2,4-5H2. The summed E-state index contributed by atoms with van der Waals surface area (Å²) in [6.45, 7) is 0.779. The van der Waals surface area contributed by atoms with Crippen molar-refractivity contribution in [2.45, 2.75) is 18.9 Å². The van der Waals surface area contributed by atoms with Gasteiger partial charge in [-0.3, -0.25) is 0 Å². The van der Waals surface area contributed by atoms with Crippen LogP contribution in [0, 0.1) is 5.92 Å². The third-order valence-corrected chi connectivity index (χ3v) is 1.88. The molecule has 0 aromatic heterocycles. The highest BCUT2D eigenvalue weighted by Crippen LogP contribution is 2.25. The molecule has 2 unspecified atom stereocenters. The van der Waals surface area contributed by atoms with Crippen LogP contribution in [-0.2, 0) is 9.78 Å². The van der Waals surface area contributed by atoms with Gasteiger partial charge in [0, 0.05) is 0 Å². The van der Waals surface area contributed by atoms with Crippen LogP contribution in [0.5, 0.6) is 0 Å². The van der Waals surface area contributed by atoms with E-state index < -0.39 is 0 Å². The highest BCUT2D eigenvalue weighted by molar-refractivity contribution is 4.97. The number of rotatable bonds is 0. The molecule has 0 saturated carbocycles. The van der Waals surface area contributed by atoms with Crippen molar-refractivity contribution in [1.29, 1.82) is 0 Å². The summed E-state index contributed by atoms with van der Waals surface area (Å²) in [6.07, 6.45) is 6.82. The molecule has 2 bridgehead atoms. The zero-order valence-electron chi connectivity index (χ0n) is 5.25. The normalized spacial score (nSPS) is 40.9. The van der Waals surface area contributed by atoms with Gasteiger partial charge in [0.15, 0.2) is 0 Å². The van der Waals surface area contributed by atoms with Gasteiger partial charge in [-0.1, -0.05) is 12.2 Å². The van der Waals surface area contributed by atoms with Crippen LogP contribution < -0.4 is 0 Å². The molecule has 2 aliphatic rings. The highest BCUT2D eigenvalue weighted by Gasteiger charge is 2.23. The summed E-state index contributed by atoms with van der Waals surface area (Å²) in [7, 11) is 0. The maximum atomic E-state index is 4.96. The molecule has 1 fully saturated rings. The van der Waals surface area contributed by atoms with Crippen LogP contribution in [0.2, 0.25) is 0 Å². The zero-order valence-corrected chi connectivity index (χ0v) is 5.25. The lowest BCUT2D eigenvalue weighted by Crippen LogP contribution is -2.28. The second-order valence-corrected chi connectivity index (χ2v) is 2.68. The minimum Gasteiger partial charge on any atom is -0.236 e. The van der Waals surface area contributed by atoms with Gasteiger partial charge in [0.2, 0.25) is 0 Å². The minimum atomic E-state index is 0.248. The van der Waals surface area contributed by atoms with E-state index in [0.29, 0.717) is 5.92 Å². The van der Waals surface area contributed by atoms with Gasteiger partial charge in [-0.15, -0.1) is 0 Å². The van der Waals surface area contributed by atoms with E-state index in [4.69, 9.17) is 9.78 Å². The van der Waals surface area contributed by atoms with Gasteiger partial charge in [0.1, 0.15) is 6.10 Å². The number of hydrogen-bond donors (Lipinski definition) is 0. The molecule has 0 spiro atoms. The first-order valence-electron chi connectivity index (χ1n) is 3.40. The molecular weight excluding hydrogens is 116 g/mol. The molecule has 9 heavy (non-hydrogen) atoms. The lowest BCUT2D eigenvalue weighted by atomic mass is 9.93. The van der Waals surface area contributed by atoms with Crippen molar-refractivity contribution in [2.24, 2.45) is 5.92 Å². The Bertz CT molecular complexity index is 131. The molecule has 50 valence electrons. The smallest absolute Gasteiger partial charge is 0.111 e. The average molecular weight is 126 g/mol. The van der Waals surface area contributed by atoms with E-state index in [1.54, 1.807) is 0 Å². The molecule has 2 heteroatoms. The molecule has 1 aliphatic heterocycles. The van der Waals surface area contributed by atoms with E-state index in [1.165, 1.54) is 6.42 Å². The lowest BCUT2D eigenvalue weighted by molar-refractivity contribution is -0.346. The minimum absolute atomic E-state index is 0.248. The van der Waals surface area contributed by atoms with Gasteiger partial charge in [-0.25, -0.2) is 9.78 Å². The van der Waals surface area contributed by atoms with E-state index in [9.17, 15) is 0 Å². The number of fused-ring (bicyclic) bond motifs is 2. The molecule has 0 N–H and O–H groups in total. The van der Waals surface area contributed by atoms with Crippen molar-refractivity contribution in [1.82, 2.24) is 0 Å². The second kappa shape index (κ2) is 2.12. The Morgan fingerprint density at radius 2 is 2.44 bits per heavy atom. The van der Waals surface area contributed by atoms with Crippen LogP contribution in [0.4, 0.5) is 0 Å². The molecule has 1 aliphatic carbocycles. The van der Waals surface area contributed by atoms with Gasteiger partial charge in [0.25, 0.3) is 0 Å². The molecule has 2 atom stereocenters. The lowest BCUT2D eigenvalue weighted by Gasteiger charge is -2.28. The Balaban J connectivity index is 2.09. The maximum Gasteiger partial charge on any atom is 0.111 e. The predicted molar refractivity (Wildman–Crippen MR) is 32.7 cm³/mol. The topological polar surface area (TPSA) is 18.5 Å². The predicted octanol–water partition coefficient (Wildman–Crippen LogP) is 1.28. The fourth-order valence-corrected chi connectivity index (χ4v) is 1.36. The third-order valence-electron chi connectivity index (χ3n) is 1.88. The maximum absolute atomic E-state index is 4.96. The molecule has 0 aromatic carbocycles. The van der Waals surface area contributed by atoms with E-state index in [2.05, 4.69) is 12.2 Å². The first kappa shape index (κ1) is 5.45. The van der Waals surface area contributed by atoms with E-state index in [0.717, 1.165) is 13.0 Å². The summed E-state index contributed by atoms with van der Waals surface area (Å²) in [5, 5.41) is 0. The first-order chi connectivity index (χ1) is 4.45. The van der Waals surface area contributed by atoms with Crippen LogP contribution >= 0.6 is 0 Å². The largest absolute Gasteiger partial charge is 0.236 e. The van der Waals surface area contributed by atoms with Crippen LogP contribution in [-0.4, -0.2) is 12.7 Å². The van der Waals surface area contributed by atoms with Crippen LogP contribution in [0.25, 0.3) is 0 Å². The summed E-state index contributed by atoms with van der Waals surface area (Å²) < 4.78 is 0. The van der Waals surface area contributed by atoms with Gasteiger partial charge >= 0.3 is 0 Å². The summed E-state index contributed by atoms with van der Waals surface area (Å²) >= 11 is 0. The summed E-state index contributed by atoms with van der Waals surface area (Å²) in [6, 6.07) is 0. The molecule has 1 saturated heterocycles. The molecule has 0 radical (unpaired) electrons. The van der Waals surface area contributed by atoms with E-state index in [1.807, 2.05) is 0 Å². The summed E-state index contributed by atoms with van der Waals surface area (Å²) in [5.41, 5.74) is 0. The van der Waals surface area contributed by atoms with Crippen molar-refractivity contribution < 1.29 is 9.78 Å². The van der Waals surface area contributed by atoms with Gasteiger partial charge < -0.3 is 0 Å². The summed E-state index contributed by atoms with van der Waals surface area (Å²) in [4.78, 5) is 9.85. The Kier molecular flexibility index (Phi) is 1.28. The van der Waals surface area contributed by atoms with Gasteiger partial charge in [-0.2, -0.15) is 0 Å². The van der Waals surface area contributed by atoms with Crippen molar-refractivity contribution in [3.63, 3.8) is 0 Å². The molecule has 0 amide bonds. The van der Waals surface area contributed by atoms with Gasteiger partial charge in [-0.05, 0) is 18.8 Å². The molecule has 2 nitrogen and oxygen atoms in total. The average Bonchev–Trinajstić information content (AvgIpc) is 1.88. The van der Waals surface area contributed by atoms with Gasteiger partial charge in [0.05, 0.1) is 6.61 Å². The van der Waals surface area contributed by atoms with Crippen LogP contribution in [0.15, 0.2) is 12.2 Å². The molecular formula is C7H10O2. The van der Waals surface area contributed by atoms with E-state index in [-0.39, 0.29) is 6.10 Å². The van der Waals surface area contributed by atoms with E-state index >= 15 is 0 Å². The highest BCUT2D eigenvalue weighted by atomic mass is 17.2. The fraction of sp³-hybridized carbons (Fsp3) is 0.714. The quantitative estimate of drug-likeness (QED) is 0.359. The van der Waals surface area contributed by atoms with Crippen molar-refractivity contribution >= 4 is 0 Å². The fourth-order valence-electron chi connectivity index (χ4n) is 1.36. The molecule has 1 heterocycles. The van der Waals surface area contributed by atoms with Crippen molar-refractivity contribution in [2.75, 3.05) is 6.61 Å². The number of allylic oxidation sites excluding steroid dienone is 1. The second-order valence-electron chi connectivity index (χ2n) is 2.68. The Morgan fingerprint density at radius 1 is 1.44 bits per heavy atom. The third kappa shape index (κ3) is 1.00. The Morgan fingerprint density at radius 3 is 3.22 bits per heavy atom. The van der Waals surface area contributed by atoms with Crippen LogP contribution in [0.3, 0.4) is 0 Å². The monoisotopic (exact) mass is 126 g/mol. The first-order valence-corrected chi connectivity index (χ1v) is 3.40. The Labute approximate surface area is 54.4 Å². The SMILES string of the molecule is C1=CC2CC(C1)COO2. The van der Waals surface area contributed by atoms with Crippen LogP contribution in [0.1, 0.15) is 12.8 Å². The van der Waals surface area contributed by atoms with Crippen molar-refractivity contribution in [3.05, 3.63) is 12.2 Å². The summed E-state index contributed by atoms with van der Waals surface area (Å²) in [5.74, 6) is 0.716. The number of hydrogen-bond acceptors (Lipinski definition) is 2. The molecule has 0 aromatic rings. The van der Waals surface area contributed by atoms with Crippen molar-refractivity contribution in [3.8, 4) is 0 Å². The zero-order chi connectivity index (χ0) is 6.10. The Hall–Kier alpha value is -0.340. The molecule has 2 rings (SSSR count).